The first kappa shape index (κ1) is 23.0. The molecular weight excluding hydrogens is 432 g/mol. The maximum Gasteiger partial charge on any atom is 0.264 e. The van der Waals surface area contributed by atoms with Crippen LogP contribution in [0.2, 0.25) is 0 Å². The van der Waals surface area contributed by atoms with E-state index in [1.807, 2.05) is 0 Å². The van der Waals surface area contributed by atoms with Gasteiger partial charge in [0.1, 0.15) is 17.2 Å². The van der Waals surface area contributed by atoms with E-state index in [4.69, 9.17) is 14.2 Å². The van der Waals surface area contributed by atoms with Gasteiger partial charge in [-0.25, -0.2) is 8.42 Å². The van der Waals surface area contributed by atoms with Gasteiger partial charge in [0.2, 0.25) is 0 Å². The molecule has 9 heteroatoms. The number of nitrogens with zero attached hydrogens (tertiary/aromatic N) is 1. The first-order valence-electron chi connectivity index (χ1n) is 9.63. The van der Waals surface area contributed by atoms with Crippen LogP contribution in [0, 0.1) is 0 Å². The molecule has 0 atom stereocenters. The predicted molar refractivity (Wildman–Crippen MR) is 122 cm³/mol. The maximum absolute atomic E-state index is 12.8. The number of ether oxygens (including phenoxy) is 3. The number of carbonyl (C=O) groups excluding carboxylic acids is 1. The van der Waals surface area contributed by atoms with Gasteiger partial charge in [0.05, 0.1) is 24.8 Å². The monoisotopic (exact) mass is 456 g/mol. The molecule has 0 saturated heterocycles. The van der Waals surface area contributed by atoms with E-state index in [9.17, 15) is 13.2 Å². The molecule has 1 N–H and O–H groups in total. The van der Waals surface area contributed by atoms with E-state index in [0.717, 1.165) is 0 Å². The Morgan fingerprint density at radius 3 is 2.12 bits per heavy atom. The van der Waals surface area contributed by atoms with Crippen molar-refractivity contribution < 1.29 is 27.4 Å². The molecule has 0 heterocycles. The molecule has 0 spiro atoms. The number of nitrogens with one attached hydrogen (secondary N) is 1. The lowest BCUT2D eigenvalue weighted by atomic mass is 10.3. The highest BCUT2D eigenvalue weighted by Gasteiger charge is 2.21. The van der Waals surface area contributed by atoms with Crippen LogP contribution < -0.4 is 23.8 Å². The fourth-order valence-electron chi connectivity index (χ4n) is 2.84. The minimum absolute atomic E-state index is 0.148. The molecule has 32 heavy (non-hydrogen) atoms. The zero-order chi connectivity index (χ0) is 23.1. The number of hydrogen-bond acceptors (Lipinski definition) is 6. The Morgan fingerprint density at radius 2 is 1.50 bits per heavy atom. The third kappa shape index (κ3) is 5.50. The number of sulfonamides is 1. The van der Waals surface area contributed by atoms with Crippen molar-refractivity contribution in [1.29, 1.82) is 0 Å². The molecule has 0 aliphatic rings. The van der Waals surface area contributed by atoms with Gasteiger partial charge in [-0.15, -0.1) is 0 Å². The van der Waals surface area contributed by atoms with Crippen molar-refractivity contribution in [2.45, 2.75) is 4.90 Å². The molecule has 1 amide bonds. The minimum Gasteiger partial charge on any atom is -0.497 e. The van der Waals surface area contributed by atoms with Crippen LogP contribution in [0.5, 0.6) is 17.2 Å². The van der Waals surface area contributed by atoms with Gasteiger partial charge >= 0.3 is 0 Å². The molecule has 0 radical (unpaired) electrons. The minimum atomic E-state index is -3.73. The summed E-state index contributed by atoms with van der Waals surface area (Å²) in [6, 6.07) is 19.6. The molecule has 0 bridgehead atoms. The van der Waals surface area contributed by atoms with E-state index in [-0.39, 0.29) is 17.4 Å². The predicted octanol–water partition coefficient (Wildman–Crippen LogP) is 3.55. The standard InChI is InChI=1S/C23H24N2O6S/c1-25(32(27,28)22-13-11-19(29-2)12-14-22)18-7-9-20(10-8-18)31-16-23(26)24-17-5-4-6-21(15-17)30-3/h4-15H,16H2,1-3H3,(H,24,26). The van der Waals surface area contributed by atoms with Crippen molar-refractivity contribution in [1.82, 2.24) is 0 Å². The van der Waals surface area contributed by atoms with Crippen molar-refractivity contribution in [3.8, 4) is 17.2 Å². The van der Waals surface area contributed by atoms with E-state index in [1.165, 1.54) is 30.6 Å². The first-order valence-corrected chi connectivity index (χ1v) is 11.1. The van der Waals surface area contributed by atoms with Crippen LogP contribution in [0.1, 0.15) is 0 Å². The highest BCUT2D eigenvalue weighted by atomic mass is 32.2. The molecule has 3 aromatic rings. The molecule has 0 aliphatic carbocycles. The summed E-state index contributed by atoms with van der Waals surface area (Å²) in [4.78, 5) is 12.3. The summed E-state index contributed by atoms with van der Waals surface area (Å²) >= 11 is 0. The fraction of sp³-hybridized carbons (Fsp3) is 0.174. The number of benzene rings is 3. The fourth-order valence-corrected chi connectivity index (χ4v) is 4.04. The smallest absolute Gasteiger partial charge is 0.264 e. The van der Waals surface area contributed by atoms with Crippen LogP contribution in [0.4, 0.5) is 11.4 Å². The summed E-state index contributed by atoms with van der Waals surface area (Å²) < 4.78 is 42.6. The number of hydrogen-bond donors (Lipinski definition) is 1. The van der Waals surface area contributed by atoms with Gasteiger partial charge in [0.25, 0.3) is 15.9 Å². The van der Waals surface area contributed by atoms with Crippen LogP contribution in [-0.2, 0) is 14.8 Å². The lowest BCUT2D eigenvalue weighted by molar-refractivity contribution is -0.118. The van der Waals surface area contributed by atoms with Crippen molar-refractivity contribution in [3.63, 3.8) is 0 Å². The molecule has 3 rings (SSSR count). The molecule has 0 aliphatic heterocycles. The van der Waals surface area contributed by atoms with Crippen molar-refractivity contribution >= 4 is 27.3 Å². The maximum atomic E-state index is 12.8. The van der Waals surface area contributed by atoms with Crippen molar-refractivity contribution in [2.75, 3.05) is 37.5 Å². The van der Waals surface area contributed by atoms with Gasteiger partial charge in [0, 0.05) is 18.8 Å². The number of rotatable bonds is 9. The number of carbonyl (C=O) groups is 1. The third-order valence-corrected chi connectivity index (χ3v) is 6.44. The van der Waals surface area contributed by atoms with E-state index in [1.54, 1.807) is 67.8 Å². The molecule has 0 fully saturated rings. The largest absolute Gasteiger partial charge is 0.497 e. The lowest BCUT2D eigenvalue weighted by Crippen LogP contribution is -2.26. The summed E-state index contributed by atoms with van der Waals surface area (Å²) in [6.07, 6.45) is 0. The van der Waals surface area contributed by atoms with Crippen LogP contribution in [0.25, 0.3) is 0 Å². The summed E-state index contributed by atoms with van der Waals surface area (Å²) in [7, 11) is 0.800. The SMILES string of the molecule is COc1ccc(S(=O)(=O)N(C)c2ccc(OCC(=O)Nc3cccc(OC)c3)cc2)cc1. The zero-order valence-electron chi connectivity index (χ0n) is 17.9. The Bertz CT molecular complexity index is 1160. The second-order valence-electron chi connectivity index (χ2n) is 6.71. The third-order valence-electron chi connectivity index (χ3n) is 4.64. The zero-order valence-corrected chi connectivity index (χ0v) is 18.8. The van der Waals surface area contributed by atoms with Gasteiger partial charge < -0.3 is 19.5 Å². The van der Waals surface area contributed by atoms with Gasteiger partial charge in [-0.05, 0) is 60.7 Å². The van der Waals surface area contributed by atoms with E-state index in [2.05, 4.69) is 5.32 Å². The Hall–Kier alpha value is -3.72. The molecule has 0 aromatic heterocycles. The van der Waals surface area contributed by atoms with Crippen LogP contribution >= 0.6 is 0 Å². The van der Waals surface area contributed by atoms with Crippen LogP contribution in [-0.4, -0.2) is 42.2 Å². The van der Waals surface area contributed by atoms with Gasteiger partial charge in [-0.1, -0.05) is 6.07 Å². The molecule has 0 unspecified atom stereocenters. The average molecular weight is 457 g/mol. The second kappa shape index (κ2) is 10.1. The van der Waals surface area contributed by atoms with Crippen molar-refractivity contribution in [3.05, 3.63) is 72.8 Å². The van der Waals surface area contributed by atoms with E-state index in [0.29, 0.717) is 28.6 Å². The highest BCUT2D eigenvalue weighted by Crippen LogP contribution is 2.25. The molecule has 3 aromatic carbocycles. The van der Waals surface area contributed by atoms with Crippen molar-refractivity contribution in [2.24, 2.45) is 0 Å². The Labute approximate surface area is 187 Å². The van der Waals surface area contributed by atoms with Gasteiger partial charge in [-0.2, -0.15) is 0 Å². The average Bonchev–Trinajstić information content (AvgIpc) is 2.82. The van der Waals surface area contributed by atoms with E-state index < -0.39 is 10.0 Å². The first-order chi connectivity index (χ1) is 15.3. The van der Waals surface area contributed by atoms with Gasteiger partial charge in [0.15, 0.2) is 6.61 Å². The number of anilines is 2. The summed E-state index contributed by atoms with van der Waals surface area (Å²) in [5.41, 5.74) is 1.05. The van der Waals surface area contributed by atoms with Gasteiger partial charge in [-0.3, -0.25) is 9.10 Å². The molecule has 0 saturated carbocycles. The number of methoxy groups -OCH3 is 2. The summed E-state index contributed by atoms with van der Waals surface area (Å²) in [5.74, 6) is 1.31. The quantitative estimate of drug-likeness (QED) is 0.529. The molecular formula is C23H24N2O6S. The van der Waals surface area contributed by atoms with Crippen LogP contribution in [0.3, 0.4) is 0 Å². The Morgan fingerprint density at radius 1 is 0.875 bits per heavy atom. The summed E-state index contributed by atoms with van der Waals surface area (Å²) in [6.45, 7) is -0.198. The summed E-state index contributed by atoms with van der Waals surface area (Å²) in [5, 5.41) is 2.72. The molecule has 8 nitrogen and oxygen atoms in total. The lowest BCUT2D eigenvalue weighted by Gasteiger charge is -2.20. The molecule has 168 valence electrons. The number of amides is 1. The Balaban J connectivity index is 1.60. The highest BCUT2D eigenvalue weighted by molar-refractivity contribution is 7.92. The Kier molecular flexibility index (Phi) is 7.21. The van der Waals surface area contributed by atoms with Crippen LogP contribution in [0.15, 0.2) is 77.7 Å². The normalized spacial score (nSPS) is 10.8. The van der Waals surface area contributed by atoms with E-state index >= 15 is 0 Å². The topological polar surface area (TPSA) is 94.2 Å². The second-order valence-corrected chi connectivity index (χ2v) is 8.68.